The van der Waals surface area contributed by atoms with Gasteiger partial charge in [-0.3, -0.25) is 18.9 Å². The normalized spacial score (nSPS) is 16.0. The number of aromatic nitrogens is 2. The second kappa shape index (κ2) is 8.45. The Balaban J connectivity index is 2.13. The Labute approximate surface area is 174 Å². The third kappa shape index (κ3) is 3.98. The van der Waals surface area contributed by atoms with Crippen LogP contribution in [0.15, 0.2) is 28.0 Å². The maximum Gasteiger partial charge on any atom is 0.267 e. The summed E-state index contributed by atoms with van der Waals surface area (Å²) < 4.78 is 2.05. The molecule has 3 heterocycles. The number of nitrogens with zero attached hydrogens (tertiary/aromatic N) is 3. The van der Waals surface area contributed by atoms with E-state index in [4.69, 9.17) is 12.2 Å². The summed E-state index contributed by atoms with van der Waals surface area (Å²) in [5, 5.41) is 3.23. The molecule has 0 unspecified atom stereocenters. The van der Waals surface area contributed by atoms with Crippen LogP contribution in [0.3, 0.4) is 0 Å². The Morgan fingerprint density at radius 2 is 2.11 bits per heavy atom. The van der Waals surface area contributed by atoms with Gasteiger partial charge in [0.15, 0.2) is 0 Å². The SMILES string of the molecule is CCCNc1nc2c(C)cccn2c(=O)c1C=C1SC(=S)N(CC(C)C)C1=O. The van der Waals surface area contributed by atoms with Crippen molar-refractivity contribution in [3.8, 4) is 0 Å². The molecule has 2 aromatic heterocycles. The summed E-state index contributed by atoms with van der Waals surface area (Å²) in [6.45, 7) is 9.29. The van der Waals surface area contributed by atoms with Crippen molar-refractivity contribution in [2.75, 3.05) is 18.4 Å². The zero-order valence-electron chi connectivity index (χ0n) is 16.5. The molecule has 3 rings (SSSR count). The van der Waals surface area contributed by atoms with Crippen molar-refractivity contribution in [2.24, 2.45) is 5.92 Å². The molecule has 1 fully saturated rings. The molecule has 0 atom stereocenters. The lowest BCUT2D eigenvalue weighted by Crippen LogP contribution is -2.31. The Hall–Kier alpha value is -2.19. The molecule has 1 amide bonds. The fourth-order valence-corrected chi connectivity index (χ4v) is 4.23. The molecule has 0 saturated carbocycles. The number of fused-ring (bicyclic) bond motifs is 1. The number of aryl methyl sites for hydroxylation is 1. The van der Waals surface area contributed by atoms with Crippen LogP contribution in [0.4, 0.5) is 5.82 Å². The van der Waals surface area contributed by atoms with Crippen molar-refractivity contribution in [1.29, 1.82) is 0 Å². The van der Waals surface area contributed by atoms with Crippen molar-refractivity contribution < 1.29 is 4.79 Å². The number of nitrogens with one attached hydrogen (secondary N) is 1. The standard InChI is InChI=1S/C20H24N4O2S2/c1-5-8-21-16-14(18(25)23-9-6-7-13(4)17(23)22-16)10-15-19(26)24(11-12(2)3)20(27)28-15/h6-7,9-10,12,21H,5,8,11H2,1-4H3. The average molecular weight is 417 g/mol. The van der Waals surface area contributed by atoms with Gasteiger partial charge in [-0.1, -0.05) is 50.8 Å². The maximum atomic E-state index is 13.2. The number of amides is 1. The highest BCUT2D eigenvalue weighted by Gasteiger charge is 2.32. The highest BCUT2D eigenvalue weighted by molar-refractivity contribution is 8.26. The van der Waals surface area contributed by atoms with E-state index >= 15 is 0 Å². The minimum Gasteiger partial charge on any atom is -0.369 e. The van der Waals surface area contributed by atoms with E-state index in [2.05, 4.69) is 10.3 Å². The van der Waals surface area contributed by atoms with Crippen molar-refractivity contribution >= 4 is 51.7 Å². The number of thiocarbonyl (C=S) groups is 1. The van der Waals surface area contributed by atoms with Gasteiger partial charge in [-0.25, -0.2) is 4.98 Å². The van der Waals surface area contributed by atoms with Crippen LogP contribution >= 0.6 is 24.0 Å². The summed E-state index contributed by atoms with van der Waals surface area (Å²) in [6.07, 6.45) is 4.22. The summed E-state index contributed by atoms with van der Waals surface area (Å²) >= 11 is 6.61. The Kier molecular flexibility index (Phi) is 6.20. The van der Waals surface area contributed by atoms with E-state index in [9.17, 15) is 9.59 Å². The van der Waals surface area contributed by atoms with Gasteiger partial charge >= 0.3 is 0 Å². The number of rotatable bonds is 6. The van der Waals surface area contributed by atoms with Gasteiger partial charge in [-0.05, 0) is 37.0 Å². The van der Waals surface area contributed by atoms with Crippen LogP contribution in [-0.4, -0.2) is 37.6 Å². The predicted molar refractivity (Wildman–Crippen MR) is 120 cm³/mol. The molecule has 0 radical (unpaired) electrons. The summed E-state index contributed by atoms with van der Waals surface area (Å²) in [4.78, 5) is 32.7. The van der Waals surface area contributed by atoms with E-state index in [-0.39, 0.29) is 11.5 Å². The predicted octanol–water partition coefficient (Wildman–Crippen LogP) is 3.68. The van der Waals surface area contributed by atoms with Crippen LogP contribution in [0.1, 0.15) is 38.3 Å². The number of anilines is 1. The van der Waals surface area contributed by atoms with Gasteiger partial charge in [0.2, 0.25) is 0 Å². The molecule has 0 aliphatic carbocycles. The first-order valence-corrected chi connectivity index (χ1v) is 10.6. The molecule has 1 N–H and O–H groups in total. The van der Waals surface area contributed by atoms with Gasteiger partial charge in [0.1, 0.15) is 15.8 Å². The number of thioether (sulfide) groups is 1. The van der Waals surface area contributed by atoms with Gasteiger partial charge in [-0.15, -0.1) is 0 Å². The zero-order chi connectivity index (χ0) is 20.4. The first-order chi connectivity index (χ1) is 13.3. The number of pyridine rings is 1. The van der Waals surface area contributed by atoms with Crippen LogP contribution in [-0.2, 0) is 4.79 Å². The average Bonchev–Trinajstić information content (AvgIpc) is 2.90. The fraction of sp³-hybridized carbons (Fsp3) is 0.400. The largest absolute Gasteiger partial charge is 0.369 e. The van der Waals surface area contributed by atoms with Crippen molar-refractivity contribution in [2.45, 2.75) is 34.1 Å². The zero-order valence-corrected chi connectivity index (χ0v) is 18.1. The second-order valence-corrected chi connectivity index (χ2v) is 8.85. The number of carbonyl (C=O) groups is 1. The fourth-order valence-electron chi connectivity index (χ4n) is 2.97. The molecule has 0 spiro atoms. The van der Waals surface area contributed by atoms with Crippen LogP contribution < -0.4 is 10.9 Å². The Bertz CT molecular complexity index is 1030. The number of carbonyl (C=O) groups excluding carboxylic acids is 1. The molecule has 0 aromatic carbocycles. The van der Waals surface area contributed by atoms with E-state index < -0.39 is 0 Å². The molecule has 28 heavy (non-hydrogen) atoms. The molecule has 0 bridgehead atoms. The first-order valence-electron chi connectivity index (χ1n) is 9.34. The van der Waals surface area contributed by atoms with E-state index in [1.807, 2.05) is 39.8 Å². The highest BCUT2D eigenvalue weighted by Crippen LogP contribution is 2.33. The Morgan fingerprint density at radius 1 is 1.36 bits per heavy atom. The van der Waals surface area contributed by atoms with Crippen LogP contribution in [0.5, 0.6) is 0 Å². The van der Waals surface area contributed by atoms with E-state index in [0.717, 1.165) is 12.0 Å². The lowest BCUT2D eigenvalue weighted by atomic mass is 10.2. The van der Waals surface area contributed by atoms with Crippen LogP contribution in [0.25, 0.3) is 11.7 Å². The number of hydrogen-bond acceptors (Lipinski definition) is 6. The summed E-state index contributed by atoms with van der Waals surface area (Å²) in [5.74, 6) is 0.647. The number of hydrogen-bond donors (Lipinski definition) is 1. The van der Waals surface area contributed by atoms with Crippen LogP contribution in [0, 0.1) is 12.8 Å². The van der Waals surface area contributed by atoms with E-state index in [1.54, 1.807) is 17.2 Å². The molecular weight excluding hydrogens is 392 g/mol. The highest BCUT2D eigenvalue weighted by atomic mass is 32.2. The third-order valence-electron chi connectivity index (χ3n) is 4.32. The smallest absolute Gasteiger partial charge is 0.267 e. The molecule has 6 nitrogen and oxygen atoms in total. The maximum absolute atomic E-state index is 13.2. The Morgan fingerprint density at radius 3 is 2.79 bits per heavy atom. The summed E-state index contributed by atoms with van der Waals surface area (Å²) in [6, 6.07) is 3.73. The summed E-state index contributed by atoms with van der Waals surface area (Å²) in [7, 11) is 0. The summed E-state index contributed by atoms with van der Waals surface area (Å²) in [5.41, 5.74) is 1.69. The van der Waals surface area contributed by atoms with Crippen molar-refractivity contribution in [3.05, 3.63) is 44.7 Å². The quantitative estimate of drug-likeness (QED) is 0.572. The van der Waals surface area contributed by atoms with Gasteiger partial charge in [0, 0.05) is 19.3 Å². The molecule has 2 aromatic rings. The minimum atomic E-state index is -0.207. The molecule has 148 valence electrons. The molecular formula is C20H24N4O2S2. The minimum absolute atomic E-state index is 0.154. The first kappa shape index (κ1) is 20.5. The van der Waals surface area contributed by atoms with E-state index in [0.29, 0.717) is 45.3 Å². The van der Waals surface area contributed by atoms with Crippen molar-refractivity contribution in [1.82, 2.24) is 14.3 Å². The second-order valence-electron chi connectivity index (χ2n) is 7.18. The topological polar surface area (TPSA) is 66.7 Å². The van der Waals surface area contributed by atoms with Crippen LogP contribution in [0.2, 0.25) is 0 Å². The lowest BCUT2D eigenvalue weighted by molar-refractivity contribution is -0.122. The monoisotopic (exact) mass is 416 g/mol. The van der Waals surface area contributed by atoms with Gasteiger partial charge in [0.25, 0.3) is 11.5 Å². The lowest BCUT2D eigenvalue weighted by Gasteiger charge is -2.16. The van der Waals surface area contributed by atoms with Crippen molar-refractivity contribution in [3.63, 3.8) is 0 Å². The van der Waals surface area contributed by atoms with Gasteiger partial charge in [0.05, 0.1) is 10.5 Å². The molecule has 1 aliphatic heterocycles. The molecule has 1 saturated heterocycles. The molecule has 8 heteroatoms. The third-order valence-corrected chi connectivity index (χ3v) is 5.70. The van der Waals surface area contributed by atoms with Gasteiger partial charge < -0.3 is 5.32 Å². The van der Waals surface area contributed by atoms with E-state index in [1.165, 1.54) is 16.2 Å². The molecule has 1 aliphatic rings. The van der Waals surface area contributed by atoms with Gasteiger partial charge in [-0.2, -0.15) is 0 Å².